The minimum atomic E-state index is 0. The molecule has 362 valence electrons. The number of ether oxygens (including phenoxy) is 4. The van der Waals surface area contributed by atoms with E-state index in [4.69, 9.17) is 18.9 Å². The van der Waals surface area contributed by atoms with E-state index in [-0.39, 0.29) is 35.4 Å². The number of phenolic OH excluding ortho intramolecular Hbond substituents is 4. The van der Waals surface area contributed by atoms with E-state index in [1.54, 1.807) is 71.2 Å². The molecule has 6 aromatic carbocycles. The van der Waals surface area contributed by atoms with Crippen molar-refractivity contribution in [2.24, 2.45) is 0 Å². The Balaban J connectivity index is 0.000000201. The summed E-state index contributed by atoms with van der Waals surface area (Å²) in [4.78, 5) is 6.81. The molecule has 1 fully saturated rings. The van der Waals surface area contributed by atoms with E-state index < -0.39 is 0 Å². The molecule has 13 heteroatoms. The number of thiophene rings is 2. The zero-order valence-corrected chi connectivity index (χ0v) is 41.9. The molecule has 4 N–H and O–H groups in total. The van der Waals surface area contributed by atoms with Gasteiger partial charge in [0, 0.05) is 45.3 Å². The van der Waals surface area contributed by atoms with Crippen LogP contribution in [0.4, 0.5) is 0 Å². The summed E-state index contributed by atoms with van der Waals surface area (Å²) in [5, 5.41) is 41.1. The van der Waals surface area contributed by atoms with Crippen LogP contribution in [0.1, 0.15) is 53.4 Å². The van der Waals surface area contributed by atoms with Crippen molar-refractivity contribution in [2.45, 2.75) is 65.5 Å². The Labute approximate surface area is 419 Å². The fourth-order valence-electron chi connectivity index (χ4n) is 8.42. The molecule has 9 rings (SSSR count). The van der Waals surface area contributed by atoms with Gasteiger partial charge >= 0.3 is 0 Å². The molecule has 1 aliphatic heterocycles. The largest absolute Gasteiger partial charge is 0.508 e. The molecule has 0 atom stereocenters. The molecule has 2 aromatic heterocycles. The molecule has 0 spiro atoms. The number of aromatic hydroxyl groups is 4. The summed E-state index contributed by atoms with van der Waals surface area (Å²) in [6, 6.07) is 41.0. The van der Waals surface area contributed by atoms with Crippen LogP contribution in [-0.4, -0.2) is 81.7 Å². The van der Waals surface area contributed by atoms with Crippen LogP contribution in [0.5, 0.6) is 57.5 Å². The molecule has 0 aliphatic carbocycles. The Bertz CT molecular complexity index is 2850. The molecule has 0 radical (unpaired) electrons. The average molecular weight is 990 g/mol. The van der Waals surface area contributed by atoms with Crippen LogP contribution in [0, 0.1) is 0 Å². The molecular weight excluding hydrogens is 928 g/mol. The first kappa shape index (κ1) is 50.7. The first-order valence-electron chi connectivity index (χ1n) is 23.4. The van der Waals surface area contributed by atoms with Crippen molar-refractivity contribution in [3.63, 3.8) is 0 Å². The van der Waals surface area contributed by atoms with Gasteiger partial charge in [-0.15, -0.1) is 35.1 Å². The maximum Gasteiger partial charge on any atom is 0.153 e. The second-order valence-electron chi connectivity index (χ2n) is 17.5. The summed E-state index contributed by atoms with van der Waals surface area (Å²) in [5.41, 5.74) is 1.88. The fraction of sp³-hybridized carbons (Fsp3) is 0.286. The first-order valence-corrected chi connectivity index (χ1v) is 25.0. The van der Waals surface area contributed by atoms with E-state index in [2.05, 4.69) is 37.5 Å². The minimum Gasteiger partial charge on any atom is -0.508 e. The van der Waals surface area contributed by atoms with Crippen molar-refractivity contribution in [1.82, 2.24) is 9.80 Å². The average Bonchev–Trinajstić information content (AvgIpc) is 3.87. The van der Waals surface area contributed by atoms with Gasteiger partial charge in [0.05, 0.1) is 16.4 Å². The van der Waals surface area contributed by atoms with Crippen LogP contribution in [0.2, 0.25) is 0 Å². The van der Waals surface area contributed by atoms with Crippen molar-refractivity contribution >= 4 is 55.3 Å². The quantitative estimate of drug-likeness (QED) is 0.0656. The topological polar surface area (TPSA) is 124 Å². The van der Waals surface area contributed by atoms with E-state index in [0.717, 1.165) is 83.6 Å². The second-order valence-corrected chi connectivity index (χ2v) is 19.6. The van der Waals surface area contributed by atoms with Gasteiger partial charge in [-0.25, -0.2) is 0 Å². The van der Waals surface area contributed by atoms with Crippen molar-refractivity contribution in [3.8, 4) is 78.4 Å². The highest BCUT2D eigenvalue weighted by Crippen LogP contribution is 2.49. The van der Waals surface area contributed by atoms with Crippen LogP contribution in [0.3, 0.4) is 0 Å². The Morgan fingerprint density at radius 1 is 0.507 bits per heavy atom. The zero-order valence-electron chi connectivity index (χ0n) is 39.5. The Morgan fingerprint density at radius 2 is 0.913 bits per heavy atom. The van der Waals surface area contributed by atoms with Gasteiger partial charge < -0.3 is 44.3 Å². The van der Waals surface area contributed by atoms with Gasteiger partial charge in [0.2, 0.25) is 0 Å². The van der Waals surface area contributed by atoms with Gasteiger partial charge in [0.1, 0.15) is 52.6 Å². The number of phenols is 4. The Hall–Kier alpha value is -6.15. The van der Waals surface area contributed by atoms with Crippen LogP contribution in [-0.2, 0) is 0 Å². The number of halogens is 1. The lowest BCUT2D eigenvalue weighted by Crippen LogP contribution is -2.39. The van der Waals surface area contributed by atoms with Crippen LogP contribution >= 0.6 is 35.1 Å². The lowest BCUT2D eigenvalue weighted by atomic mass is 10.1. The molecule has 0 saturated carbocycles. The predicted molar refractivity (Wildman–Crippen MR) is 284 cm³/mol. The highest BCUT2D eigenvalue weighted by Gasteiger charge is 2.20. The van der Waals surface area contributed by atoms with E-state index >= 15 is 0 Å². The van der Waals surface area contributed by atoms with Crippen molar-refractivity contribution in [2.75, 3.05) is 39.4 Å². The van der Waals surface area contributed by atoms with E-state index in [1.807, 2.05) is 84.9 Å². The third kappa shape index (κ3) is 13.3. The standard InChI is InChI=1S/C28H29NO4S.C28H31NO4S.ClH/c30-21-7-5-20(6-8-21)28-27(25-14-9-22(31)19-26(25)34-28)33-24-12-10-23(11-13-24)32-18-4-17-29-15-2-1-3-16-29;1-18(2)29(19(3)4)15-16-32-23-10-12-24(13-11-23)33-27-25-14-9-22(31)17-26(25)34-28(27)20-5-7-21(30)8-6-20;/h5-14,19,30-31H,1-4,15-18H2;5-14,17-19,30-31H,15-16H2,1-4H3;1H. The van der Waals surface area contributed by atoms with Crippen molar-refractivity contribution in [1.29, 1.82) is 0 Å². The normalized spacial score (nSPS) is 12.8. The monoisotopic (exact) mass is 988 g/mol. The molecule has 1 aliphatic rings. The number of benzene rings is 6. The number of rotatable bonds is 17. The SMILES string of the molecule is CC(C)N(CCOc1ccc(Oc2c(-c3ccc(O)cc3)sc3cc(O)ccc23)cc1)C(C)C.Cl.Oc1ccc(-c2sc3cc(O)ccc3c2Oc2ccc(OCCCN3CCCCC3)cc2)cc1. The van der Waals surface area contributed by atoms with Gasteiger partial charge in [-0.1, -0.05) is 6.42 Å². The van der Waals surface area contributed by atoms with Crippen LogP contribution in [0.15, 0.2) is 133 Å². The van der Waals surface area contributed by atoms with Gasteiger partial charge in [-0.3, -0.25) is 4.90 Å². The maximum absolute atomic E-state index is 9.94. The lowest BCUT2D eigenvalue weighted by molar-refractivity contribution is 0.142. The van der Waals surface area contributed by atoms with Gasteiger partial charge in [0.25, 0.3) is 0 Å². The molecule has 69 heavy (non-hydrogen) atoms. The molecule has 0 unspecified atom stereocenters. The fourth-order valence-corrected chi connectivity index (χ4v) is 10.8. The first-order chi connectivity index (χ1) is 33.0. The highest BCUT2D eigenvalue weighted by atomic mass is 35.5. The maximum atomic E-state index is 9.94. The molecule has 8 aromatic rings. The van der Waals surface area contributed by atoms with E-state index in [9.17, 15) is 20.4 Å². The zero-order chi connectivity index (χ0) is 47.6. The molecule has 0 amide bonds. The van der Waals surface area contributed by atoms with Crippen molar-refractivity contribution < 1.29 is 39.4 Å². The predicted octanol–water partition coefficient (Wildman–Crippen LogP) is 14.7. The lowest BCUT2D eigenvalue weighted by Gasteiger charge is -2.30. The second kappa shape index (κ2) is 23.9. The van der Waals surface area contributed by atoms with Gasteiger partial charge in [-0.05, 0) is 205 Å². The molecule has 10 nitrogen and oxygen atoms in total. The molecule has 1 saturated heterocycles. The number of nitrogens with zero attached hydrogens (tertiary/aromatic N) is 2. The number of hydrogen-bond donors (Lipinski definition) is 4. The van der Waals surface area contributed by atoms with Gasteiger partial charge in [0.15, 0.2) is 11.5 Å². The highest BCUT2D eigenvalue weighted by molar-refractivity contribution is 7.23. The molecule has 0 bridgehead atoms. The molecular formula is C56H61ClN2O8S2. The summed E-state index contributed by atoms with van der Waals surface area (Å²) < 4.78 is 26.5. The van der Waals surface area contributed by atoms with Crippen LogP contribution < -0.4 is 18.9 Å². The third-order valence-electron chi connectivity index (χ3n) is 11.9. The number of hydrogen-bond acceptors (Lipinski definition) is 12. The van der Waals surface area contributed by atoms with Crippen molar-refractivity contribution in [3.05, 3.63) is 133 Å². The molecule has 3 heterocycles. The summed E-state index contributed by atoms with van der Waals surface area (Å²) in [6.45, 7) is 14.5. The minimum absolute atomic E-state index is 0. The summed E-state index contributed by atoms with van der Waals surface area (Å²) in [5.74, 6) is 5.39. The van der Waals surface area contributed by atoms with Gasteiger partial charge in [-0.2, -0.15) is 0 Å². The summed E-state index contributed by atoms with van der Waals surface area (Å²) >= 11 is 3.09. The van der Waals surface area contributed by atoms with E-state index in [1.165, 1.54) is 32.4 Å². The number of piperidine rings is 1. The summed E-state index contributed by atoms with van der Waals surface area (Å²) in [7, 11) is 0. The Morgan fingerprint density at radius 3 is 1.35 bits per heavy atom. The van der Waals surface area contributed by atoms with Crippen LogP contribution in [0.25, 0.3) is 41.1 Å². The van der Waals surface area contributed by atoms with E-state index in [0.29, 0.717) is 36.8 Å². The third-order valence-corrected chi connectivity index (χ3v) is 14.2. The summed E-state index contributed by atoms with van der Waals surface area (Å²) in [6.07, 6.45) is 5.03. The smallest absolute Gasteiger partial charge is 0.153 e. The number of likely N-dealkylation sites (tertiary alicyclic amines) is 1. The Kier molecular flexibility index (Phi) is 17.6. The number of fused-ring (bicyclic) bond motifs is 2.